The van der Waals surface area contributed by atoms with Gasteiger partial charge in [0.25, 0.3) is 0 Å². The molecule has 1 aromatic rings. The minimum absolute atomic E-state index is 0.00302. The van der Waals surface area contributed by atoms with Gasteiger partial charge in [-0.25, -0.2) is 4.79 Å². The van der Waals surface area contributed by atoms with Gasteiger partial charge >= 0.3 is 11.9 Å². The van der Waals surface area contributed by atoms with Gasteiger partial charge < -0.3 is 80.0 Å². The van der Waals surface area contributed by atoms with E-state index in [1.54, 1.807) is 12.1 Å². The van der Waals surface area contributed by atoms with Crippen molar-refractivity contribution in [1.82, 2.24) is 31.5 Å². The Balaban J connectivity index is 2.27. The maximum Gasteiger partial charge on any atom is 0.328 e. The molecule has 0 bridgehead atoms. The van der Waals surface area contributed by atoms with Crippen LogP contribution in [0.3, 0.4) is 0 Å². The van der Waals surface area contributed by atoms with Gasteiger partial charge in [0, 0.05) is 19.5 Å². The number of nitrogens with one attached hydrogen (secondary N) is 5. The first-order valence-electron chi connectivity index (χ1n) is 19.5. The smallest absolute Gasteiger partial charge is 0.328 e. The van der Waals surface area contributed by atoms with E-state index in [-0.39, 0.29) is 69.7 Å². The van der Waals surface area contributed by atoms with Gasteiger partial charge in [-0.2, -0.15) is 0 Å². The van der Waals surface area contributed by atoms with Crippen molar-refractivity contribution in [3.8, 4) is 5.75 Å². The highest BCUT2D eigenvalue weighted by Gasteiger charge is 2.41. The molecule has 1 fully saturated rings. The summed E-state index contributed by atoms with van der Waals surface area (Å²) in [7, 11) is 0. The molecule has 25 heteroatoms. The number of rotatable bonds is 25. The molecule has 0 aromatic heterocycles. The lowest BCUT2D eigenvalue weighted by Crippen LogP contribution is -2.61. The lowest BCUT2D eigenvalue weighted by atomic mass is 10.0. The number of guanidine groups is 1. The summed E-state index contributed by atoms with van der Waals surface area (Å²) < 4.78 is 0. The summed E-state index contributed by atoms with van der Waals surface area (Å²) in [6.07, 6.45) is -4.80. The molecule has 1 aliphatic heterocycles. The van der Waals surface area contributed by atoms with Crippen molar-refractivity contribution in [1.29, 1.82) is 0 Å². The Kier molecular flexibility index (Phi) is 20.5. The van der Waals surface area contributed by atoms with Crippen molar-refractivity contribution in [2.24, 2.45) is 27.9 Å². The SMILES string of the molecule is C[C@@H](O)[C@H](NC(=O)[C@H](CCCN=C(N)N)NC(=O)[C@H](CC(=O)O)NC(=O)[C@@H](NC(=O)[C@@H]1CCCN1C(=O)[C@H](CCC(N)=O)NC(=O)[C@@H](N)Cc1ccc(O)cc1)[C@@H](C)O)C(=O)O. The summed E-state index contributed by atoms with van der Waals surface area (Å²) >= 11 is 0. The molecule has 344 valence electrons. The van der Waals surface area contributed by atoms with Crippen LogP contribution >= 0.6 is 0 Å². The number of carboxylic acid groups (broad SMARTS) is 2. The minimum atomic E-state index is -1.95. The fraction of sp³-hybridized carbons (Fsp3) is 0.568. The second kappa shape index (κ2) is 24.6. The number of likely N-dealkylation sites (tertiary alicyclic amines) is 1. The number of hydrogen-bond donors (Lipinski definition) is 14. The third-order valence-electron chi connectivity index (χ3n) is 9.56. The Bertz CT molecular complexity index is 1810. The quantitative estimate of drug-likeness (QED) is 0.0247. The monoisotopic (exact) mass is 879 g/mol. The molecule has 0 aliphatic carbocycles. The number of nitrogens with two attached hydrogens (primary N) is 4. The maximum atomic E-state index is 13.9. The van der Waals surface area contributed by atoms with E-state index in [4.69, 9.17) is 22.9 Å². The van der Waals surface area contributed by atoms with Crippen molar-refractivity contribution in [3.05, 3.63) is 29.8 Å². The third kappa shape index (κ3) is 16.8. The zero-order valence-electron chi connectivity index (χ0n) is 34.2. The summed E-state index contributed by atoms with van der Waals surface area (Å²) in [6, 6.07) is -5.11. The molecule has 9 atom stereocenters. The van der Waals surface area contributed by atoms with E-state index in [1.165, 1.54) is 12.1 Å². The normalized spacial score (nSPS) is 17.3. The van der Waals surface area contributed by atoms with Crippen LogP contribution < -0.4 is 49.5 Å². The van der Waals surface area contributed by atoms with Crippen LogP contribution in [0.5, 0.6) is 5.75 Å². The summed E-state index contributed by atoms with van der Waals surface area (Å²) in [4.78, 5) is 121. The predicted octanol–water partition coefficient (Wildman–Crippen LogP) is -5.68. The molecule has 2 rings (SSSR count). The van der Waals surface area contributed by atoms with Gasteiger partial charge in [-0.15, -0.1) is 0 Å². The molecule has 0 radical (unpaired) electrons. The maximum absolute atomic E-state index is 13.9. The van der Waals surface area contributed by atoms with Gasteiger partial charge in [0.15, 0.2) is 12.0 Å². The Labute approximate surface area is 355 Å². The number of phenolic OH excluding ortho intramolecular Hbond substituents is 1. The molecule has 1 aromatic carbocycles. The fourth-order valence-electron chi connectivity index (χ4n) is 6.29. The number of carbonyl (C=O) groups is 9. The summed E-state index contributed by atoms with van der Waals surface area (Å²) in [6.45, 7) is 2.14. The lowest BCUT2D eigenvalue weighted by molar-refractivity contribution is -0.146. The number of aromatic hydroxyl groups is 1. The number of aliphatic imine (C=N–C) groups is 1. The van der Waals surface area contributed by atoms with Gasteiger partial charge in [-0.3, -0.25) is 43.3 Å². The van der Waals surface area contributed by atoms with E-state index in [0.29, 0.717) is 5.56 Å². The zero-order chi connectivity index (χ0) is 46.8. The molecule has 1 aliphatic rings. The number of aliphatic hydroxyl groups is 2. The number of benzene rings is 1. The van der Waals surface area contributed by atoms with Crippen LogP contribution in [0.25, 0.3) is 0 Å². The molecular weight excluding hydrogens is 822 g/mol. The number of hydrogen-bond acceptors (Lipinski definition) is 14. The number of primary amides is 1. The number of aliphatic carboxylic acids is 2. The van der Waals surface area contributed by atoms with Crippen molar-refractivity contribution >= 4 is 59.2 Å². The molecule has 62 heavy (non-hydrogen) atoms. The van der Waals surface area contributed by atoms with E-state index in [9.17, 15) is 68.7 Å². The molecule has 25 nitrogen and oxygen atoms in total. The Morgan fingerprint density at radius 3 is 1.90 bits per heavy atom. The number of nitrogens with zero attached hydrogens (tertiary/aromatic N) is 2. The average Bonchev–Trinajstić information content (AvgIpc) is 3.68. The number of amides is 7. The van der Waals surface area contributed by atoms with E-state index < -0.39 is 114 Å². The Hall–Kier alpha value is -6.60. The highest BCUT2D eigenvalue weighted by molar-refractivity contribution is 5.98. The third-order valence-corrected chi connectivity index (χ3v) is 9.56. The van der Waals surface area contributed by atoms with Crippen LogP contribution in [-0.2, 0) is 49.6 Å². The molecule has 7 amide bonds. The average molecular weight is 880 g/mol. The Morgan fingerprint density at radius 2 is 1.35 bits per heavy atom. The first-order valence-corrected chi connectivity index (χ1v) is 19.5. The van der Waals surface area contributed by atoms with Crippen LogP contribution in [0.2, 0.25) is 0 Å². The molecule has 0 saturated carbocycles. The number of phenols is 1. The predicted molar refractivity (Wildman–Crippen MR) is 216 cm³/mol. The zero-order valence-corrected chi connectivity index (χ0v) is 34.2. The van der Waals surface area contributed by atoms with Crippen LogP contribution in [-0.4, -0.2) is 157 Å². The molecule has 1 saturated heterocycles. The van der Waals surface area contributed by atoms with Crippen LogP contribution in [0.4, 0.5) is 0 Å². The van der Waals surface area contributed by atoms with Gasteiger partial charge in [-0.1, -0.05) is 12.1 Å². The summed E-state index contributed by atoms with van der Waals surface area (Å²) in [5, 5.41) is 60.2. The second-order valence-electron chi connectivity index (χ2n) is 14.7. The lowest BCUT2D eigenvalue weighted by Gasteiger charge is -2.31. The summed E-state index contributed by atoms with van der Waals surface area (Å²) in [5.41, 5.74) is 22.6. The van der Waals surface area contributed by atoms with Gasteiger partial charge in [0.1, 0.15) is 36.0 Å². The fourth-order valence-corrected chi connectivity index (χ4v) is 6.29. The number of carbonyl (C=O) groups excluding carboxylic acids is 7. The molecule has 1 heterocycles. The van der Waals surface area contributed by atoms with Crippen molar-refractivity contribution < 1.29 is 68.7 Å². The van der Waals surface area contributed by atoms with E-state index in [0.717, 1.165) is 18.7 Å². The van der Waals surface area contributed by atoms with E-state index in [2.05, 4.69) is 31.6 Å². The first-order chi connectivity index (χ1) is 29.0. The first kappa shape index (κ1) is 51.5. The molecule has 0 unspecified atom stereocenters. The second-order valence-corrected chi connectivity index (χ2v) is 14.7. The van der Waals surface area contributed by atoms with Crippen molar-refractivity contribution in [2.45, 2.75) is 120 Å². The van der Waals surface area contributed by atoms with Crippen LogP contribution in [0.1, 0.15) is 64.4 Å². The topological polar surface area (TPSA) is 435 Å². The van der Waals surface area contributed by atoms with Gasteiger partial charge in [0.2, 0.25) is 41.4 Å². The van der Waals surface area contributed by atoms with Crippen molar-refractivity contribution in [2.75, 3.05) is 13.1 Å². The molecular formula is C37H57N11O14. The van der Waals surface area contributed by atoms with Gasteiger partial charge in [-0.05, 0) is 70.1 Å². The number of carboxylic acids is 2. The van der Waals surface area contributed by atoms with Crippen LogP contribution in [0, 0.1) is 0 Å². The highest BCUT2D eigenvalue weighted by atomic mass is 16.4. The standard InChI is InChI=1S/C37H57N11O14/c1-17(49)28(34(59)45-24(16-27(53)54)32(57)43-22(5-3-13-42-37(40)41)31(56)47-29(18(2)50)36(61)62)46-33(58)25-6-4-14-48(25)35(60)23(11-12-26(39)52)44-30(55)21(38)15-19-7-9-20(51)10-8-19/h7-10,17-18,21-25,28-29,49-51H,3-6,11-16,38H2,1-2H3,(H2,39,52)(H,43,57)(H,44,55)(H,45,59)(H,46,58)(H,47,56)(H,53,54)(H,61,62)(H4,40,41,42)/t17-,18-,21+,22+,23+,24+,25+,28+,29+/m1/s1. The van der Waals surface area contributed by atoms with Gasteiger partial charge in [0.05, 0.1) is 24.7 Å². The van der Waals surface area contributed by atoms with E-state index in [1.807, 2.05) is 0 Å². The summed E-state index contributed by atoms with van der Waals surface area (Å²) in [5.74, 6) is -10.4. The number of aliphatic hydroxyl groups excluding tert-OH is 2. The Morgan fingerprint density at radius 1 is 0.774 bits per heavy atom. The largest absolute Gasteiger partial charge is 0.508 e. The van der Waals surface area contributed by atoms with E-state index >= 15 is 0 Å². The molecule has 18 N–H and O–H groups in total. The molecule has 0 spiro atoms. The van der Waals surface area contributed by atoms with Crippen LogP contribution in [0.15, 0.2) is 29.3 Å². The highest BCUT2D eigenvalue weighted by Crippen LogP contribution is 2.21. The minimum Gasteiger partial charge on any atom is -0.508 e. The van der Waals surface area contributed by atoms with Crippen molar-refractivity contribution in [3.63, 3.8) is 0 Å².